The van der Waals surface area contributed by atoms with E-state index in [0.717, 1.165) is 4.57 Å². The maximum Gasteiger partial charge on any atom is 0.256 e. The molecule has 0 N–H and O–H groups in total. The minimum Gasteiger partial charge on any atom is -0.454 e. The summed E-state index contributed by atoms with van der Waals surface area (Å²) in [7, 11) is -6.77. The van der Waals surface area contributed by atoms with Crippen molar-refractivity contribution in [2.24, 2.45) is 0 Å². The molecule has 0 unspecified atom stereocenters. The van der Waals surface area contributed by atoms with Crippen LogP contribution in [0.2, 0.25) is 0 Å². The standard InChI is InChI=1S/C78H63BN2O2Si/c1-75(2)38-39-76(3,4)60-45-65-55(44-59(60)75)51-36-37-61-74(73(51)82-65)83-66-41-46(80-63-35-23-20-32-54(63)67-71(80)52-30-18-21-33-57(52)77(67,5)6)40-64-69(66)79(61)62-43-50(42-56-68-72(81(64)70(56)62)53-31-19-22-34-58(53)78(68,7)8)84(47-24-12-9-13-25-47,48-26-14-10-15-27-48)49-28-16-11-17-29-49/h9-37,40-45H,38-39H2,1-8H3/i9D,10D,11D,12D,13D,14D,15D,16D,17D,18D,19D,20D,21D,22D,23D,24D,25D,26D,27D,28D,29D,30D,31D,32D,33D,34D,35D,36D,37D,40D,41D,42D,43D,44D,45D. The zero-order chi connectivity index (χ0) is 87.0. The molecular weight excluding hydrogens is 1040 g/mol. The van der Waals surface area contributed by atoms with Gasteiger partial charge in [-0.15, -0.1) is 0 Å². The van der Waals surface area contributed by atoms with E-state index >= 15 is 0 Å². The Hall–Kier alpha value is -8.84. The van der Waals surface area contributed by atoms with Gasteiger partial charge < -0.3 is 18.3 Å². The average Bonchev–Trinajstić information content (AvgIpc) is 1.51. The number of furan rings is 1. The van der Waals surface area contributed by atoms with Crippen LogP contribution in [0.1, 0.15) is 150 Å². The van der Waals surface area contributed by atoms with Crippen LogP contribution in [-0.2, 0) is 21.7 Å². The normalized spacial score (nSPS) is 22.5. The Morgan fingerprint density at radius 2 is 1.01 bits per heavy atom. The number of fused-ring (bicyclic) bond motifs is 19. The third-order valence-electron chi connectivity index (χ3n) is 18.5. The van der Waals surface area contributed by atoms with Crippen LogP contribution in [0, 0.1) is 0 Å². The van der Waals surface area contributed by atoms with Crippen molar-refractivity contribution >= 4 is 95.7 Å². The number of hydrogen-bond donors (Lipinski definition) is 0. The van der Waals surface area contributed by atoms with Crippen LogP contribution in [0.25, 0.3) is 77.6 Å². The van der Waals surface area contributed by atoms with Crippen molar-refractivity contribution in [3.05, 3.63) is 245 Å². The molecule has 6 heteroatoms. The van der Waals surface area contributed by atoms with Gasteiger partial charge in [0, 0.05) is 60.7 Å². The summed E-state index contributed by atoms with van der Waals surface area (Å²) in [6.45, 7) is 11.4. The van der Waals surface area contributed by atoms with Crippen LogP contribution in [0.5, 0.6) is 11.5 Å². The fourth-order valence-electron chi connectivity index (χ4n) is 14.5. The number of rotatable bonds is 5. The summed E-state index contributed by atoms with van der Waals surface area (Å²) >= 11 is 0. The molecule has 84 heavy (non-hydrogen) atoms. The van der Waals surface area contributed by atoms with Crippen molar-refractivity contribution in [1.29, 1.82) is 0 Å². The molecule has 0 amide bonds. The van der Waals surface area contributed by atoms with Gasteiger partial charge in [0.05, 0.1) is 70.6 Å². The first-order valence-corrected chi connectivity index (χ1v) is 29.5. The molecule has 5 aliphatic rings. The van der Waals surface area contributed by atoms with Gasteiger partial charge in [0.15, 0.2) is 19.4 Å². The lowest BCUT2D eigenvalue weighted by Gasteiger charge is -2.41. The molecule has 0 radical (unpaired) electrons. The molecule has 0 fully saturated rings. The highest BCUT2D eigenvalue weighted by atomic mass is 28.3. The summed E-state index contributed by atoms with van der Waals surface area (Å²) in [5, 5.41) is -5.81. The number of ether oxygens (including phenoxy) is 1. The molecule has 0 spiro atoms. The Morgan fingerprint density at radius 1 is 0.464 bits per heavy atom. The van der Waals surface area contributed by atoms with Gasteiger partial charge in [-0.25, -0.2) is 0 Å². The molecule has 0 bridgehead atoms. The molecule has 404 valence electrons. The summed E-state index contributed by atoms with van der Waals surface area (Å²) in [5.74, 6) is -1.38. The van der Waals surface area contributed by atoms with Gasteiger partial charge in [-0.1, -0.05) is 237 Å². The van der Waals surface area contributed by atoms with Crippen LogP contribution in [0.15, 0.2) is 216 Å². The third-order valence-corrected chi connectivity index (χ3v) is 22.5. The van der Waals surface area contributed by atoms with Crippen molar-refractivity contribution in [2.75, 3.05) is 0 Å². The highest BCUT2D eigenvalue weighted by Crippen LogP contribution is 2.57. The first-order chi connectivity index (χ1) is 55.3. The Balaban J connectivity index is 1.18. The predicted octanol–water partition coefficient (Wildman–Crippen LogP) is 14.7. The van der Waals surface area contributed by atoms with Crippen molar-refractivity contribution < 1.29 is 57.1 Å². The van der Waals surface area contributed by atoms with E-state index in [-0.39, 0.29) is 78.6 Å². The summed E-state index contributed by atoms with van der Waals surface area (Å²) in [6.07, 6.45) is 1.04. The van der Waals surface area contributed by atoms with Gasteiger partial charge in [-0.2, -0.15) is 0 Å². The van der Waals surface area contributed by atoms with Crippen molar-refractivity contribution in [1.82, 2.24) is 9.13 Å². The lowest BCUT2D eigenvalue weighted by molar-refractivity contribution is 0.332. The fraction of sp³-hybridized carbons (Fsp3) is 0.179. The zero-order valence-corrected chi connectivity index (χ0v) is 47.2. The summed E-state index contributed by atoms with van der Waals surface area (Å²) in [5.41, 5.74) is -11.0. The smallest absolute Gasteiger partial charge is 0.256 e. The number of para-hydroxylation sites is 1. The molecule has 0 atom stereocenters. The van der Waals surface area contributed by atoms with Crippen LogP contribution < -0.4 is 41.9 Å². The molecule has 2 aliphatic heterocycles. The largest absolute Gasteiger partial charge is 0.454 e. The van der Waals surface area contributed by atoms with Crippen LogP contribution in [-0.4, -0.2) is 23.9 Å². The number of nitrogens with zero attached hydrogens (tertiary/aromatic N) is 2. The van der Waals surface area contributed by atoms with E-state index in [2.05, 4.69) is 0 Å². The molecule has 3 aromatic heterocycles. The topological polar surface area (TPSA) is 32.2 Å². The van der Waals surface area contributed by atoms with E-state index in [0.29, 0.717) is 24.0 Å². The SMILES string of the molecule is [2H]c1c([2H])c([2H])c([Si](c2c([2H])c([2H])c([2H])c([2H])c2[2H])(c2c([2H])c([2H])c([2H])c([2H])c2[2H])c2c([2H])c3c4c(c2[2H])c2c(n4-c4c([2H])c(-n5c6c(c7c([2H])c([2H])c([2H])c([2H])c75)C(C)(C)c5c([2H])c([2H])c([2H])c([2H])c5-6)c([2H])c5c4B3c3c([2H])c([2H])c4c(oc6c([2H])c7c(c([2H])c64)C(C)(C)CCC7(C)C)c3O5)-c3c([2H])c([2H])c([2H])c([2H])c3C2(C)C)c([2H])c1[2H]. The van der Waals surface area contributed by atoms with Gasteiger partial charge in [0.1, 0.15) is 11.3 Å². The van der Waals surface area contributed by atoms with E-state index in [9.17, 15) is 42.5 Å². The van der Waals surface area contributed by atoms with Crippen LogP contribution >= 0.6 is 0 Å². The Morgan fingerprint density at radius 3 is 1.64 bits per heavy atom. The Bertz CT molecular complexity index is 6980. The molecule has 5 heterocycles. The predicted molar refractivity (Wildman–Crippen MR) is 353 cm³/mol. The quantitative estimate of drug-likeness (QED) is 0.127. The highest BCUT2D eigenvalue weighted by molar-refractivity contribution is 7.20. The highest BCUT2D eigenvalue weighted by Gasteiger charge is 2.51. The molecule has 3 aliphatic carbocycles. The molecule has 0 saturated carbocycles. The maximum atomic E-state index is 11.8. The monoisotopic (exact) mass is 1130 g/mol. The molecule has 18 rings (SSSR count). The van der Waals surface area contributed by atoms with Gasteiger partial charge in [-0.3, -0.25) is 0 Å². The van der Waals surface area contributed by atoms with E-state index in [1.807, 2.05) is 27.7 Å². The van der Waals surface area contributed by atoms with Crippen molar-refractivity contribution in [2.45, 2.75) is 89.9 Å². The molecular formula is C78H63BN2O2Si. The number of benzene rings is 10. The lowest BCUT2D eigenvalue weighted by Crippen LogP contribution is -2.75. The minimum absolute atomic E-state index is 0.0375. The molecule has 4 nitrogen and oxygen atoms in total. The van der Waals surface area contributed by atoms with E-state index in [4.69, 9.17) is 14.6 Å². The Kier molecular flexibility index (Phi) is 4.95. The van der Waals surface area contributed by atoms with E-state index in [1.165, 1.54) is 18.4 Å². The maximum absolute atomic E-state index is 11.8. The van der Waals surface area contributed by atoms with E-state index < -0.39 is 318 Å². The minimum atomic E-state index is -6.77. The van der Waals surface area contributed by atoms with Crippen LogP contribution in [0.3, 0.4) is 0 Å². The second-order valence-electron chi connectivity index (χ2n) is 24.6. The van der Waals surface area contributed by atoms with Crippen molar-refractivity contribution in [3.63, 3.8) is 0 Å². The number of aromatic nitrogens is 2. The Labute approximate surface area is 541 Å². The van der Waals surface area contributed by atoms with Crippen LogP contribution in [0.4, 0.5) is 0 Å². The first kappa shape index (κ1) is 25.6. The van der Waals surface area contributed by atoms with Gasteiger partial charge in [-0.05, 0) is 118 Å². The van der Waals surface area contributed by atoms with Gasteiger partial charge in [0.2, 0.25) is 0 Å². The fourth-order valence-corrected chi connectivity index (χ4v) is 18.1. The average molecular weight is 1130 g/mol. The second-order valence-corrected chi connectivity index (χ2v) is 28.1. The van der Waals surface area contributed by atoms with Gasteiger partial charge >= 0.3 is 0 Å². The summed E-state index contributed by atoms with van der Waals surface area (Å²) in [4.78, 5) is 0. The molecule has 13 aromatic rings. The molecule has 10 aromatic carbocycles. The third kappa shape index (κ3) is 5.99. The summed E-state index contributed by atoms with van der Waals surface area (Å²) in [6, 6.07) is -33.7. The van der Waals surface area contributed by atoms with Gasteiger partial charge in [0.25, 0.3) is 6.71 Å². The number of hydrogen-bond acceptors (Lipinski definition) is 2. The molecule has 0 saturated heterocycles. The van der Waals surface area contributed by atoms with Crippen molar-refractivity contribution in [3.8, 4) is 45.4 Å². The van der Waals surface area contributed by atoms with E-state index in [1.54, 1.807) is 13.8 Å². The second kappa shape index (κ2) is 16.3. The lowest BCUT2D eigenvalue weighted by atomic mass is 9.34. The first-order valence-electron chi connectivity index (χ1n) is 45.0. The zero-order valence-electron chi connectivity index (χ0n) is 81.2. The summed E-state index contributed by atoms with van der Waals surface area (Å²) < 4.78 is 365.